The number of rotatable bonds is 7. The van der Waals surface area contributed by atoms with E-state index in [1.807, 2.05) is 6.92 Å². The topological polar surface area (TPSA) is 71.3 Å². The van der Waals surface area contributed by atoms with E-state index in [0.29, 0.717) is 25.3 Å². The fourth-order valence-electron chi connectivity index (χ4n) is 1.25. The normalized spacial score (nSPS) is 10.5. The van der Waals surface area contributed by atoms with Crippen molar-refractivity contribution in [3.05, 3.63) is 30.2 Å². The number of carbonyl (C=O) groups excluding carboxylic acids is 2. The molecule has 0 atom stereocenters. The molecule has 5 heteroatoms. The van der Waals surface area contributed by atoms with E-state index in [1.165, 1.54) is 12.3 Å². The molecule has 0 aliphatic carbocycles. The summed E-state index contributed by atoms with van der Waals surface area (Å²) in [7, 11) is 0. The monoisotopic (exact) mass is 250 g/mol. The lowest BCUT2D eigenvalue weighted by molar-refractivity contribution is -0.121. The molecule has 5 nitrogen and oxygen atoms in total. The van der Waals surface area contributed by atoms with Crippen molar-refractivity contribution in [1.29, 1.82) is 0 Å². The molecule has 0 bridgehead atoms. The number of carbonyl (C=O) groups is 2. The molecular weight excluding hydrogens is 232 g/mol. The Kier molecular flexibility index (Phi) is 6.32. The van der Waals surface area contributed by atoms with Crippen LogP contribution in [0.2, 0.25) is 0 Å². The Labute approximate surface area is 106 Å². The van der Waals surface area contributed by atoms with Gasteiger partial charge in [-0.3, -0.25) is 9.59 Å². The Morgan fingerprint density at radius 3 is 2.83 bits per heavy atom. The van der Waals surface area contributed by atoms with E-state index in [4.69, 9.17) is 4.42 Å². The smallest absolute Gasteiger partial charge is 0.244 e. The lowest BCUT2D eigenvalue weighted by Gasteiger charge is -2.03. The fourth-order valence-corrected chi connectivity index (χ4v) is 1.25. The number of hydrogen-bond acceptors (Lipinski definition) is 3. The van der Waals surface area contributed by atoms with Crippen molar-refractivity contribution in [1.82, 2.24) is 10.6 Å². The average Bonchev–Trinajstić information content (AvgIpc) is 2.87. The summed E-state index contributed by atoms with van der Waals surface area (Å²) in [5.74, 6) is 0.327. The molecule has 1 aromatic rings. The molecule has 2 amide bonds. The molecule has 0 fully saturated rings. The molecular formula is C13H18N2O3. The van der Waals surface area contributed by atoms with Crippen LogP contribution in [0.25, 0.3) is 6.08 Å². The summed E-state index contributed by atoms with van der Waals surface area (Å²) in [6.07, 6.45) is 5.69. The summed E-state index contributed by atoms with van der Waals surface area (Å²) < 4.78 is 5.04. The van der Waals surface area contributed by atoms with Crippen LogP contribution in [-0.4, -0.2) is 24.9 Å². The molecule has 1 rings (SSSR count). The van der Waals surface area contributed by atoms with Crippen LogP contribution in [-0.2, 0) is 9.59 Å². The first-order chi connectivity index (χ1) is 8.72. The van der Waals surface area contributed by atoms with E-state index in [2.05, 4.69) is 10.6 Å². The van der Waals surface area contributed by atoms with E-state index in [-0.39, 0.29) is 11.8 Å². The SMILES string of the molecule is CCCNC(=O)CCNC(=O)/C=C/c1ccco1. The predicted octanol–water partition coefficient (Wildman–Crippen LogP) is 1.33. The summed E-state index contributed by atoms with van der Waals surface area (Å²) in [5.41, 5.74) is 0. The van der Waals surface area contributed by atoms with Crippen molar-refractivity contribution in [2.75, 3.05) is 13.1 Å². The van der Waals surface area contributed by atoms with E-state index in [1.54, 1.807) is 18.2 Å². The average molecular weight is 250 g/mol. The zero-order chi connectivity index (χ0) is 13.2. The molecule has 0 aromatic carbocycles. The van der Waals surface area contributed by atoms with Crippen LogP contribution in [0.15, 0.2) is 28.9 Å². The highest BCUT2D eigenvalue weighted by Gasteiger charge is 2.01. The highest BCUT2D eigenvalue weighted by Crippen LogP contribution is 2.01. The highest BCUT2D eigenvalue weighted by atomic mass is 16.3. The Balaban J connectivity index is 2.15. The molecule has 1 aromatic heterocycles. The summed E-state index contributed by atoms with van der Waals surface area (Å²) >= 11 is 0. The molecule has 0 aliphatic rings. The Morgan fingerprint density at radius 1 is 1.33 bits per heavy atom. The third-order valence-corrected chi connectivity index (χ3v) is 2.17. The van der Waals surface area contributed by atoms with E-state index < -0.39 is 0 Å². The molecule has 18 heavy (non-hydrogen) atoms. The number of nitrogens with one attached hydrogen (secondary N) is 2. The van der Waals surface area contributed by atoms with Gasteiger partial charge in [0.05, 0.1) is 6.26 Å². The Morgan fingerprint density at radius 2 is 2.17 bits per heavy atom. The molecule has 0 aliphatic heterocycles. The molecule has 0 radical (unpaired) electrons. The van der Waals surface area contributed by atoms with Crippen molar-refractivity contribution < 1.29 is 14.0 Å². The summed E-state index contributed by atoms with van der Waals surface area (Å²) in [4.78, 5) is 22.6. The lowest BCUT2D eigenvalue weighted by atomic mass is 10.3. The van der Waals surface area contributed by atoms with Gasteiger partial charge in [-0.2, -0.15) is 0 Å². The third-order valence-electron chi connectivity index (χ3n) is 2.17. The minimum atomic E-state index is -0.241. The van der Waals surface area contributed by atoms with Gasteiger partial charge in [0.25, 0.3) is 0 Å². The number of furan rings is 1. The number of hydrogen-bond donors (Lipinski definition) is 2. The van der Waals surface area contributed by atoms with E-state index in [0.717, 1.165) is 6.42 Å². The predicted molar refractivity (Wildman–Crippen MR) is 68.7 cm³/mol. The molecule has 0 saturated carbocycles. The zero-order valence-electron chi connectivity index (χ0n) is 10.4. The van der Waals surface area contributed by atoms with Gasteiger partial charge in [0.2, 0.25) is 11.8 Å². The first-order valence-electron chi connectivity index (χ1n) is 5.98. The van der Waals surface area contributed by atoms with Gasteiger partial charge in [-0.15, -0.1) is 0 Å². The third kappa shape index (κ3) is 5.89. The molecule has 0 saturated heterocycles. The fraction of sp³-hybridized carbons (Fsp3) is 0.385. The second-order valence-corrected chi connectivity index (χ2v) is 3.74. The van der Waals surface area contributed by atoms with E-state index >= 15 is 0 Å². The maximum absolute atomic E-state index is 11.4. The Bertz CT molecular complexity index is 396. The van der Waals surface area contributed by atoms with Crippen LogP contribution in [0.4, 0.5) is 0 Å². The first kappa shape index (κ1) is 14.0. The van der Waals surface area contributed by atoms with Crippen LogP contribution < -0.4 is 10.6 Å². The van der Waals surface area contributed by atoms with Crippen LogP contribution in [0.3, 0.4) is 0 Å². The van der Waals surface area contributed by atoms with Gasteiger partial charge >= 0.3 is 0 Å². The van der Waals surface area contributed by atoms with Gasteiger partial charge < -0.3 is 15.1 Å². The maximum Gasteiger partial charge on any atom is 0.244 e. The zero-order valence-corrected chi connectivity index (χ0v) is 10.4. The van der Waals surface area contributed by atoms with Crippen molar-refractivity contribution in [2.45, 2.75) is 19.8 Å². The lowest BCUT2D eigenvalue weighted by Crippen LogP contribution is -2.30. The summed E-state index contributed by atoms with van der Waals surface area (Å²) in [5, 5.41) is 5.36. The second kappa shape index (κ2) is 8.11. The van der Waals surface area contributed by atoms with Crippen LogP contribution >= 0.6 is 0 Å². The van der Waals surface area contributed by atoms with E-state index in [9.17, 15) is 9.59 Å². The molecule has 98 valence electrons. The van der Waals surface area contributed by atoms with Gasteiger partial charge in [0, 0.05) is 25.6 Å². The standard InChI is InChI=1S/C13H18N2O3/c1-2-8-14-13(17)7-9-15-12(16)6-5-11-4-3-10-18-11/h3-6,10H,2,7-9H2,1H3,(H,14,17)(H,15,16)/b6-5+. The number of amides is 2. The van der Waals surface area contributed by atoms with Crippen LogP contribution in [0.5, 0.6) is 0 Å². The summed E-state index contributed by atoms with van der Waals surface area (Å²) in [6, 6.07) is 3.50. The van der Waals surface area contributed by atoms with Gasteiger partial charge in [-0.1, -0.05) is 6.92 Å². The quantitative estimate of drug-likeness (QED) is 0.717. The van der Waals surface area contributed by atoms with Crippen molar-refractivity contribution in [3.8, 4) is 0 Å². The summed E-state index contributed by atoms with van der Waals surface area (Å²) in [6.45, 7) is 2.99. The van der Waals surface area contributed by atoms with Crippen molar-refractivity contribution in [2.24, 2.45) is 0 Å². The van der Waals surface area contributed by atoms with Crippen LogP contribution in [0, 0.1) is 0 Å². The highest BCUT2D eigenvalue weighted by molar-refractivity contribution is 5.91. The van der Waals surface area contributed by atoms with Crippen LogP contribution in [0.1, 0.15) is 25.5 Å². The van der Waals surface area contributed by atoms with Gasteiger partial charge in [-0.05, 0) is 24.6 Å². The van der Waals surface area contributed by atoms with Crippen molar-refractivity contribution in [3.63, 3.8) is 0 Å². The molecule has 0 spiro atoms. The van der Waals surface area contributed by atoms with Gasteiger partial charge in [-0.25, -0.2) is 0 Å². The van der Waals surface area contributed by atoms with Crippen molar-refractivity contribution >= 4 is 17.9 Å². The first-order valence-corrected chi connectivity index (χ1v) is 5.98. The maximum atomic E-state index is 11.4. The van der Waals surface area contributed by atoms with Gasteiger partial charge in [0.15, 0.2) is 0 Å². The largest absolute Gasteiger partial charge is 0.465 e. The molecule has 0 unspecified atom stereocenters. The Hall–Kier alpha value is -2.04. The molecule has 2 N–H and O–H groups in total. The minimum absolute atomic E-state index is 0.0489. The molecule has 1 heterocycles. The minimum Gasteiger partial charge on any atom is -0.465 e. The van der Waals surface area contributed by atoms with Gasteiger partial charge in [0.1, 0.15) is 5.76 Å². The second-order valence-electron chi connectivity index (χ2n) is 3.74.